The third kappa shape index (κ3) is 2.81. The molecule has 1 saturated carbocycles. The van der Waals surface area contributed by atoms with Crippen LogP contribution in [0.5, 0.6) is 5.75 Å². The van der Waals surface area contributed by atoms with E-state index in [0.29, 0.717) is 34.8 Å². The zero-order valence-corrected chi connectivity index (χ0v) is 13.3. The van der Waals surface area contributed by atoms with E-state index in [1.807, 2.05) is 12.1 Å². The fraction of sp³-hybridized carbons (Fsp3) is 0.412. The molecular formula is C17H17ClN2O3. The number of benzene rings is 1. The summed E-state index contributed by atoms with van der Waals surface area (Å²) in [5, 5.41) is 3.64. The quantitative estimate of drug-likeness (QED) is 0.927. The maximum Gasteiger partial charge on any atom is 0.274 e. The van der Waals surface area contributed by atoms with Crippen LogP contribution in [0.25, 0.3) is 0 Å². The Kier molecular flexibility index (Phi) is 3.73. The first kappa shape index (κ1) is 14.6. The molecule has 1 atom stereocenters. The van der Waals surface area contributed by atoms with E-state index in [-0.39, 0.29) is 11.9 Å². The molecule has 1 aromatic carbocycles. The van der Waals surface area contributed by atoms with Crippen molar-refractivity contribution in [3.63, 3.8) is 0 Å². The molecule has 0 saturated heterocycles. The summed E-state index contributed by atoms with van der Waals surface area (Å²) in [6, 6.07) is 5.48. The lowest BCUT2D eigenvalue weighted by Crippen LogP contribution is -2.29. The molecule has 1 unspecified atom stereocenters. The number of hydrogen-bond donors (Lipinski definition) is 1. The highest BCUT2D eigenvalue weighted by atomic mass is 35.5. The molecule has 23 heavy (non-hydrogen) atoms. The molecule has 1 amide bonds. The van der Waals surface area contributed by atoms with E-state index in [0.717, 1.165) is 31.2 Å². The van der Waals surface area contributed by atoms with Gasteiger partial charge >= 0.3 is 0 Å². The number of nitrogens with one attached hydrogen (secondary N) is 1. The Morgan fingerprint density at radius 3 is 3.00 bits per heavy atom. The number of aromatic nitrogens is 1. The van der Waals surface area contributed by atoms with Crippen LogP contribution in [-0.2, 0) is 0 Å². The van der Waals surface area contributed by atoms with Gasteiger partial charge in [0.1, 0.15) is 11.5 Å². The van der Waals surface area contributed by atoms with Gasteiger partial charge in [-0.25, -0.2) is 4.98 Å². The maximum absolute atomic E-state index is 12.6. The average Bonchev–Trinajstić information content (AvgIpc) is 3.31. The second kappa shape index (κ2) is 5.89. The lowest BCUT2D eigenvalue weighted by molar-refractivity contribution is 0.0928. The Hall–Kier alpha value is -2.01. The number of carbonyl (C=O) groups is 1. The van der Waals surface area contributed by atoms with Crippen molar-refractivity contribution >= 4 is 17.5 Å². The lowest BCUT2D eigenvalue weighted by Gasteiger charge is -2.18. The predicted octanol–water partition coefficient (Wildman–Crippen LogP) is 3.85. The molecule has 4 rings (SSSR count). The largest absolute Gasteiger partial charge is 0.492 e. The van der Waals surface area contributed by atoms with Crippen LogP contribution in [0.15, 0.2) is 29.0 Å². The summed E-state index contributed by atoms with van der Waals surface area (Å²) in [6.45, 7) is 0.598. The van der Waals surface area contributed by atoms with Crippen molar-refractivity contribution in [2.75, 3.05) is 6.61 Å². The SMILES string of the molecule is O=C(NC1CCCOc2c(Cl)cccc21)c1ncoc1C1CC1. The summed E-state index contributed by atoms with van der Waals surface area (Å²) in [5.74, 6) is 1.52. The molecule has 2 heterocycles. The lowest BCUT2D eigenvalue weighted by atomic mass is 10.0. The topological polar surface area (TPSA) is 64.4 Å². The molecule has 0 bridgehead atoms. The highest BCUT2D eigenvalue weighted by molar-refractivity contribution is 6.32. The molecule has 120 valence electrons. The van der Waals surface area contributed by atoms with Gasteiger partial charge in [0.2, 0.25) is 0 Å². The van der Waals surface area contributed by atoms with E-state index in [4.69, 9.17) is 20.8 Å². The highest BCUT2D eigenvalue weighted by Gasteiger charge is 2.33. The molecule has 2 aromatic rings. The van der Waals surface area contributed by atoms with Crippen molar-refractivity contribution in [3.05, 3.63) is 46.6 Å². The van der Waals surface area contributed by atoms with Crippen LogP contribution < -0.4 is 10.1 Å². The summed E-state index contributed by atoms with van der Waals surface area (Å²) in [4.78, 5) is 16.7. The molecule has 5 nitrogen and oxygen atoms in total. The van der Waals surface area contributed by atoms with Crippen molar-refractivity contribution in [1.82, 2.24) is 10.3 Å². The van der Waals surface area contributed by atoms with Crippen LogP contribution >= 0.6 is 11.6 Å². The number of fused-ring (bicyclic) bond motifs is 1. The van der Waals surface area contributed by atoms with Gasteiger partial charge in [0.05, 0.1) is 17.7 Å². The van der Waals surface area contributed by atoms with E-state index in [2.05, 4.69) is 10.3 Å². The Morgan fingerprint density at radius 2 is 2.17 bits per heavy atom. The molecule has 6 heteroatoms. The Balaban J connectivity index is 1.60. The van der Waals surface area contributed by atoms with E-state index < -0.39 is 0 Å². The minimum absolute atomic E-state index is 0.137. The number of rotatable bonds is 3. The van der Waals surface area contributed by atoms with Gasteiger partial charge in [-0.1, -0.05) is 23.7 Å². The van der Waals surface area contributed by atoms with Crippen molar-refractivity contribution in [3.8, 4) is 5.75 Å². The monoisotopic (exact) mass is 332 g/mol. The first-order chi connectivity index (χ1) is 11.2. The molecule has 0 spiro atoms. The number of carbonyl (C=O) groups excluding carboxylic acids is 1. The summed E-state index contributed by atoms with van der Waals surface area (Å²) in [6.07, 6.45) is 5.12. The molecule has 1 fully saturated rings. The van der Waals surface area contributed by atoms with Gasteiger partial charge in [-0.05, 0) is 31.7 Å². The fourth-order valence-corrected chi connectivity index (χ4v) is 3.24. The van der Waals surface area contributed by atoms with E-state index in [1.54, 1.807) is 6.07 Å². The van der Waals surface area contributed by atoms with E-state index in [1.165, 1.54) is 6.39 Å². The molecule has 1 aliphatic carbocycles. The summed E-state index contributed by atoms with van der Waals surface area (Å²) in [5.41, 5.74) is 1.32. The number of nitrogens with zero attached hydrogens (tertiary/aromatic N) is 1. The molecule has 1 N–H and O–H groups in total. The molecule has 0 radical (unpaired) electrons. The minimum Gasteiger partial charge on any atom is -0.492 e. The summed E-state index contributed by atoms with van der Waals surface area (Å²) >= 11 is 6.23. The summed E-state index contributed by atoms with van der Waals surface area (Å²) < 4.78 is 11.1. The average molecular weight is 333 g/mol. The molecule has 1 aromatic heterocycles. The zero-order valence-electron chi connectivity index (χ0n) is 12.5. The first-order valence-electron chi connectivity index (χ1n) is 7.89. The molecular weight excluding hydrogens is 316 g/mol. The number of oxazole rings is 1. The third-order valence-corrected chi connectivity index (χ3v) is 4.62. The van der Waals surface area contributed by atoms with Crippen LogP contribution in [-0.4, -0.2) is 17.5 Å². The van der Waals surface area contributed by atoms with Gasteiger partial charge in [0.15, 0.2) is 12.1 Å². The Bertz CT molecular complexity index is 739. The summed E-state index contributed by atoms with van der Waals surface area (Å²) in [7, 11) is 0. The van der Waals surface area contributed by atoms with Crippen molar-refractivity contribution in [1.29, 1.82) is 0 Å². The number of para-hydroxylation sites is 1. The Morgan fingerprint density at radius 1 is 1.30 bits per heavy atom. The van der Waals surface area contributed by atoms with Crippen LogP contribution in [0.1, 0.15) is 59.5 Å². The van der Waals surface area contributed by atoms with Gasteiger partial charge in [-0.3, -0.25) is 4.79 Å². The fourth-order valence-electron chi connectivity index (χ4n) is 3.01. The smallest absolute Gasteiger partial charge is 0.274 e. The van der Waals surface area contributed by atoms with Crippen LogP contribution in [0.2, 0.25) is 5.02 Å². The van der Waals surface area contributed by atoms with Gasteiger partial charge in [-0.2, -0.15) is 0 Å². The van der Waals surface area contributed by atoms with Crippen molar-refractivity contribution < 1.29 is 13.9 Å². The number of halogens is 1. The van der Waals surface area contributed by atoms with Crippen molar-refractivity contribution in [2.45, 2.75) is 37.6 Å². The van der Waals surface area contributed by atoms with Crippen LogP contribution in [0, 0.1) is 0 Å². The third-order valence-electron chi connectivity index (χ3n) is 4.32. The second-order valence-corrected chi connectivity index (χ2v) is 6.42. The van der Waals surface area contributed by atoms with Crippen LogP contribution in [0.4, 0.5) is 0 Å². The van der Waals surface area contributed by atoms with Crippen molar-refractivity contribution in [2.24, 2.45) is 0 Å². The second-order valence-electron chi connectivity index (χ2n) is 6.01. The van der Waals surface area contributed by atoms with Gasteiger partial charge in [0.25, 0.3) is 5.91 Å². The maximum atomic E-state index is 12.6. The number of hydrogen-bond acceptors (Lipinski definition) is 4. The van der Waals surface area contributed by atoms with E-state index in [9.17, 15) is 4.79 Å². The minimum atomic E-state index is -0.196. The molecule has 2 aliphatic rings. The number of amides is 1. The van der Waals surface area contributed by atoms with Gasteiger partial charge in [-0.15, -0.1) is 0 Å². The van der Waals surface area contributed by atoms with Gasteiger partial charge < -0.3 is 14.5 Å². The predicted molar refractivity (Wildman–Crippen MR) is 84.9 cm³/mol. The standard InChI is InChI=1S/C17H17ClN2O3/c18-12-4-1-3-11-13(5-2-8-22-16(11)12)20-17(21)14-15(10-6-7-10)23-9-19-14/h1,3-4,9-10,13H,2,5-8H2,(H,20,21). The van der Waals surface area contributed by atoms with Crippen LogP contribution in [0.3, 0.4) is 0 Å². The Labute approximate surface area is 139 Å². The zero-order chi connectivity index (χ0) is 15.8. The van der Waals surface area contributed by atoms with E-state index >= 15 is 0 Å². The molecule has 1 aliphatic heterocycles. The number of ether oxygens (including phenoxy) is 1. The van der Waals surface area contributed by atoms with Gasteiger partial charge in [0, 0.05) is 11.5 Å². The highest BCUT2D eigenvalue weighted by Crippen LogP contribution is 2.42. The first-order valence-corrected chi connectivity index (χ1v) is 8.27. The normalized spacial score (nSPS) is 20.3.